The first-order valence-electron chi connectivity index (χ1n) is 10.8. The number of hydrogen-bond donors (Lipinski definition) is 2. The molecule has 0 radical (unpaired) electrons. The SMILES string of the molecule is COc1ccc(CCn2c(N)c(C(=O)Nc3ccc(Cl)cc3)c3nc4ccccc4nc32)cc1. The number of rotatable bonds is 6. The van der Waals surface area contributed by atoms with E-state index >= 15 is 0 Å². The molecule has 0 aliphatic rings. The Hall–Kier alpha value is -4.10. The largest absolute Gasteiger partial charge is 0.497 e. The summed E-state index contributed by atoms with van der Waals surface area (Å²) in [6.07, 6.45) is 0.699. The molecule has 0 aliphatic carbocycles. The number of halogens is 1. The third kappa shape index (κ3) is 4.13. The zero-order valence-corrected chi connectivity index (χ0v) is 19.2. The summed E-state index contributed by atoms with van der Waals surface area (Å²) in [5, 5.41) is 3.48. The Morgan fingerprint density at radius 1 is 1.00 bits per heavy atom. The van der Waals surface area contributed by atoms with Crippen molar-refractivity contribution in [3.05, 3.63) is 88.9 Å². The number of aryl methyl sites for hydroxylation is 2. The second kappa shape index (κ2) is 9.03. The third-order valence-electron chi connectivity index (χ3n) is 5.70. The summed E-state index contributed by atoms with van der Waals surface area (Å²) in [4.78, 5) is 22.9. The summed E-state index contributed by atoms with van der Waals surface area (Å²) in [5.41, 5.74) is 11.1. The van der Waals surface area contributed by atoms with Crippen LogP contribution in [0, 0.1) is 0 Å². The number of nitrogens with zero attached hydrogens (tertiary/aromatic N) is 3. The van der Waals surface area contributed by atoms with E-state index in [0.717, 1.165) is 16.8 Å². The van der Waals surface area contributed by atoms with Gasteiger partial charge in [0.15, 0.2) is 5.65 Å². The standard InChI is InChI=1S/C26H22ClN5O2/c1-34-19-12-6-16(7-13-19)14-15-32-24(28)22(26(33)29-18-10-8-17(27)9-11-18)23-25(32)31-21-5-3-2-4-20(21)30-23/h2-13H,14-15,28H2,1H3,(H,29,33). The Morgan fingerprint density at radius 2 is 1.68 bits per heavy atom. The molecule has 0 bridgehead atoms. The topological polar surface area (TPSA) is 95.1 Å². The van der Waals surface area contributed by atoms with Gasteiger partial charge >= 0.3 is 0 Å². The smallest absolute Gasteiger partial charge is 0.261 e. The molecule has 34 heavy (non-hydrogen) atoms. The van der Waals surface area contributed by atoms with Gasteiger partial charge in [-0.2, -0.15) is 0 Å². The third-order valence-corrected chi connectivity index (χ3v) is 5.96. The molecular formula is C26H22ClN5O2. The van der Waals surface area contributed by atoms with Gasteiger partial charge in [-0.25, -0.2) is 9.97 Å². The van der Waals surface area contributed by atoms with Crippen molar-refractivity contribution in [3.8, 4) is 5.75 Å². The number of nitrogens with two attached hydrogens (primary N) is 1. The fraction of sp³-hybridized carbons (Fsp3) is 0.115. The Morgan fingerprint density at radius 3 is 2.35 bits per heavy atom. The highest BCUT2D eigenvalue weighted by molar-refractivity contribution is 6.30. The van der Waals surface area contributed by atoms with Gasteiger partial charge in [0.1, 0.15) is 22.6 Å². The molecule has 0 unspecified atom stereocenters. The van der Waals surface area contributed by atoms with Crippen LogP contribution in [0.1, 0.15) is 15.9 Å². The number of benzene rings is 3. The number of hydrogen-bond acceptors (Lipinski definition) is 5. The van der Waals surface area contributed by atoms with Crippen molar-refractivity contribution in [1.82, 2.24) is 14.5 Å². The fourth-order valence-corrected chi connectivity index (χ4v) is 4.05. The minimum atomic E-state index is -0.349. The lowest BCUT2D eigenvalue weighted by Crippen LogP contribution is -2.15. The maximum Gasteiger partial charge on any atom is 0.261 e. The van der Waals surface area contributed by atoms with Gasteiger partial charge < -0.3 is 20.4 Å². The van der Waals surface area contributed by atoms with E-state index in [9.17, 15) is 4.79 Å². The molecule has 3 N–H and O–H groups in total. The van der Waals surface area contributed by atoms with E-state index in [1.54, 1.807) is 31.4 Å². The number of carbonyl (C=O) groups is 1. The van der Waals surface area contributed by atoms with Gasteiger partial charge in [0.05, 0.1) is 18.1 Å². The molecule has 5 aromatic rings. The molecule has 2 heterocycles. The van der Waals surface area contributed by atoms with Crippen molar-refractivity contribution >= 4 is 51.2 Å². The zero-order valence-electron chi connectivity index (χ0n) is 18.5. The Balaban J connectivity index is 1.56. The molecule has 0 spiro atoms. The monoisotopic (exact) mass is 471 g/mol. The number of aromatic nitrogens is 3. The predicted molar refractivity (Wildman–Crippen MR) is 136 cm³/mol. The summed E-state index contributed by atoms with van der Waals surface area (Å²) in [5.74, 6) is 0.774. The number of fused-ring (bicyclic) bond motifs is 2. The number of anilines is 2. The van der Waals surface area contributed by atoms with E-state index in [1.165, 1.54) is 0 Å². The van der Waals surface area contributed by atoms with Crippen molar-refractivity contribution in [2.24, 2.45) is 0 Å². The van der Waals surface area contributed by atoms with Crippen LogP contribution in [0.2, 0.25) is 5.02 Å². The number of para-hydroxylation sites is 2. The quantitative estimate of drug-likeness (QED) is 0.349. The highest BCUT2D eigenvalue weighted by Crippen LogP contribution is 2.29. The highest BCUT2D eigenvalue weighted by Gasteiger charge is 2.24. The average molecular weight is 472 g/mol. The predicted octanol–water partition coefficient (Wildman–Crippen LogP) is 5.32. The van der Waals surface area contributed by atoms with Gasteiger partial charge in [-0.3, -0.25) is 4.79 Å². The minimum absolute atomic E-state index is 0.304. The maximum absolute atomic E-state index is 13.3. The minimum Gasteiger partial charge on any atom is -0.497 e. The van der Waals surface area contributed by atoms with Gasteiger partial charge in [-0.15, -0.1) is 0 Å². The van der Waals surface area contributed by atoms with Crippen LogP contribution in [0.15, 0.2) is 72.8 Å². The molecule has 0 saturated heterocycles. The van der Waals surface area contributed by atoms with Crippen LogP contribution in [0.3, 0.4) is 0 Å². The van der Waals surface area contributed by atoms with Crippen LogP contribution >= 0.6 is 11.6 Å². The zero-order chi connectivity index (χ0) is 23.7. The van der Waals surface area contributed by atoms with Crippen molar-refractivity contribution in [2.75, 3.05) is 18.2 Å². The first-order chi connectivity index (χ1) is 16.5. The highest BCUT2D eigenvalue weighted by atomic mass is 35.5. The number of nitrogens with one attached hydrogen (secondary N) is 1. The van der Waals surface area contributed by atoms with Crippen LogP contribution in [0.25, 0.3) is 22.2 Å². The van der Waals surface area contributed by atoms with Crippen LogP contribution in [-0.2, 0) is 13.0 Å². The molecule has 0 atom stereocenters. The van der Waals surface area contributed by atoms with Crippen LogP contribution < -0.4 is 15.8 Å². The van der Waals surface area contributed by atoms with Gasteiger partial charge in [-0.05, 0) is 60.5 Å². The van der Waals surface area contributed by atoms with Crippen LogP contribution in [0.5, 0.6) is 5.75 Å². The number of carbonyl (C=O) groups excluding carboxylic acids is 1. The van der Waals surface area contributed by atoms with E-state index < -0.39 is 0 Å². The molecule has 5 rings (SSSR count). The van der Waals surface area contributed by atoms with Gasteiger partial charge in [0.2, 0.25) is 0 Å². The normalized spacial score (nSPS) is 11.1. The Kier molecular flexibility index (Phi) is 5.77. The number of amides is 1. The van der Waals surface area contributed by atoms with E-state index in [0.29, 0.717) is 51.7 Å². The van der Waals surface area contributed by atoms with Gasteiger partial charge in [-0.1, -0.05) is 35.9 Å². The van der Waals surface area contributed by atoms with E-state index in [2.05, 4.69) is 5.32 Å². The lowest BCUT2D eigenvalue weighted by molar-refractivity contribution is 0.102. The van der Waals surface area contributed by atoms with Crippen molar-refractivity contribution in [3.63, 3.8) is 0 Å². The molecule has 7 nitrogen and oxygen atoms in total. The maximum atomic E-state index is 13.3. The fourth-order valence-electron chi connectivity index (χ4n) is 3.93. The summed E-state index contributed by atoms with van der Waals surface area (Å²) < 4.78 is 7.10. The van der Waals surface area contributed by atoms with Crippen molar-refractivity contribution < 1.29 is 9.53 Å². The number of methoxy groups -OCH3 is 1. The first kappa shape index (κ1) is 21.7. The molecule has 0 saturated carbocycles. The summed E-state index contributed by atoms with van der Waals surface area (Å²) in [7, 11) is 1.64. The van der Waals surface area contributed by atoms with E-state index in [-0.39, 0.29) is 5.91 Å². The molecule has 0 fully saturated rings. The van der Waals surface area contributed by atoms with Crippen LogP contribution in [0.4, 0.5) is 11.5 Å². The summed E-state index contributed by atoms with van der Waals surface area (Å²) in [6, 6.07) is 22.3. The lowest BCUT2D eigenvalue weighted by atomic mass is 10.1. The van der Waals surface area contributed by atoms with Gasteiger partial charge in [0, 0.05) is 17.3 Å². The molecular weight excluding hydrogens is 450 g/mol. The lowest BCUT2D eigenvalue weighted by Gasteiger charge is -2.09. The Bertz CT molecular complexity index is 1490. The molecule has 1 amide bonds. The average Bonchev–Trinajstić information content (AvgIpc) is 3.13. The summed E-state index contributed by atoms with van der Waals surface area (Å²) >= 11 is 5.97. The number of nitrogen functional groups attached to an aromatic ring is 1. The number of ether oxygens (including phenoxy) is 1. The molecule has 3 aromatic carbocycles. The molecule has 170 valence electrons. The Labute approximate surface area is 201 Å². The molecule has 0 aliphatic heterocycles. The second-order valence-electron chi connectivity index (χ2n) is 7.86. The molecule has 2 aromatic heterocycles. The van der Waals surface area contributed by atoms with Crippen LogP contribution in [-0.4, -0.2) is 27.6 Å². The van der Waals surface area contributed by atoms with E-state index in [1.807, 2.05) is 53.1 Å². The van der Waals surface area contributed by atoms with Crippen molar-refractivity contribution in [2.45, 2.75) is 13.0 Å². The second-order valence-corrected chi connectivity index (χ2v) is 8.29. The molecule has 8 heteroatoms. The van der Waals surface area contributed by atoms with Gasteiger partial charge in [0.25, 0.3) is 5.91 Å². The first-order valence-corrected chi connectivity index (χ1v) is 11.2. The van der Waals surface area contributed by atoms with E-state index in [4.69, 9.17) is 32.0 Å². The van der Waals surface area contributed by atoms with Crippen molar-refractivity contribution in [1.29, 1.82) is 0 Å². The summed E-state index contributed by atoms with van der Waals surface area (Å²) in [6.45, 7) is 0.538.